The Bertz CT molecular complexity index is 436. The molecule has 4 heteroatoms. The highest BCUT2D eigenvalue weighted by atomic mass is 35.5. The number of nitrogens with zero attached hydrogens (tertiary/aromatic N) is 1. The van der Waals surface area contributed by atoms with Gasteiger partial charge in [0.2, 0.25) is 0 Å². The summed E-state index contributed by atoms with van der Waals surface area (Å²) in [5.41, 5.74) is 7.59. The maximum absolute atomic E-state index is 5.82. The average molecular weight is 183 g/mol. The van der Waals surface area contributed by atoms with Gasteiger partial charge in [-0.05, 0) is 13.0 Å². The number of aromatic nitrogens is 1. The van der Waals surface area contributed by atoms with Gasteiger partial charge in [-0.3, -0.25) is 0 Å². The van der Waals surface area contributed by atoms with Crippen molar-refractivity contribution in [3.05, 3.63) is 22.8 Å². The van der Waals surface area contributed by atoms with Gasteiger partial charge in [-0.15, -0.1) is 0 Å². The fourth-order valence-electron chi connectivity index (χ4n) is 1.09. The molecule has 12 heavy (non-hydrogen) atoms. The molecule has 0 saturated heterocycles. The summed E-state index contributed by atoms with van der Waals surface area (Å²) in [6, 6.07) is 3.44. The third-order valence-corrected chi connectivity index (χ3v) is 2.10. The standard InChI is InChI=1S/C8H7ClN2O/c1-4-5-2-6(9)7(10)3-8(5)12-11-4/h2-3H,10H2,1H3. The lowest BCUT2D eigenvalue weighted by Gasteiger charge is -1.95. The third-order valence-electron chi connectivity index (χ3n) is 1.77. The van der Waals surface area contributed by atoms with Crippen LogP contribution in [0.3, 0.4) is 0 Å². The molecule has 0 saturated carbocycles. The first-order valence-corrected chi connectivity index (χ1v) is 3.87. The minimum absolute atomic E-state index is 0.514. The number of hydrogen-bond donors (Lipinski definition) is 1. The van der Waals surface area contributed by atoms with E-state index in [1.165, 1.54) is 0 Å². The number of hydrogen-bond acceptors (Lipinski definition) is 3. The number of nitrogen functional groups attached to an aromatic ring is 1. The number of halogens is 1. The number of anilines is 1. The molecule has 0 aliphatic rings. The first-order valence-electron chi connectivity index (χ1n) is 3.49. The second-order valence-corrected chi connectivity index (χ2v) is 3.05. The van der Waals surface area contributed by atoms with Crippen molar-refractivity contribution >= 4 is 28.3 Å². The summed E-state index contributed by atoms with van der Waals surface area (Å²) in [4.78, 5) is 0. The average Bonchev–Trinajstić information content (AvgIpc) is 2.35. The lowest BCUT2D eigenvalue weighted by Crippen LogP contribution is -1.84. The minimum atomic E-state index is 0.514. The molecule has 2 aromatic rings. The van der Waals surface area contributed by atoms with Crippen molar-refractivity contribution in [3.63, 3.8) is 0 Å². The van der Waals surface area contributed by atoms with E-state index in [4.69, 9.17) is 21.9 Å². The number of aryl methyl sites for hydroxylation is 1. The SMILES string of the molecule is Cc1noc2cc(N)c(Cl)cc12. The van der Waals surface area contributed by atoms with Crippen LogP contribution in [0, 0.1) is 6.92 Å². The number of nitrogens with two attached hydrogens (primary N) is 1. The summed E-state index contributed by atoms with van der Waals surface area (Å²) in [6.45, 7) is 1.86. The van der Waals surface area contributed by atoms with E-state index < -0.39 is 0 Å². The normalized spacial score (nSPS) is 10.8. The van der Waals surface area contributed by atoms with Crippen LogP contribution in [-0.2, 0) is 0 Å². The van der Waals surface area contributed by atoms with Crippen molar-refractivity contribution in [2.45, 2.75) is 6.92 Å². The Balaban J connectivity index is 2.87. The van der Waals surface area contributed by atoms with Crippen molar-refractivity contribution in [1.29, 1.82) is 0 Å². The maximum atomic E-state index is 5.82. The van der Waals surface area contributed by atoms with Gasteiger partial charge in [0.15, 0.2) is 5.58 Å². The lowest BCUT2D eigenvalue weighted by atomic mass is 10.2. The van der Waals surface area contributed by atoms with Gasteiger partial charge >= 0.3 is 0 Å². The number of benzene rings is 1. The van der Waals surface area contributed by atoms with Gasteiger partial charge in [0.1, 0.15) is 0 Å². The second kappa shape index (κ2) is 2.38. The van der Waals surface area contributed by atoms with Crippen LogP contribution in [0.5, 0.6) is 0 Å². The molecule has 0 aliphatic carbocycles. The molecule has 2 N–H and O–H groups in total. The van der Waals surface area contributed by atoms with Crippen LogP contribution in [-0.4, -0.2) is 5.16 Å². The summed E-state index contributed by atoms with van der Waals surface area (Å²) in [6.07, 6.45) is 0. The third kappa shape index (κ3) is 0.940. The second-order valence-electron chi connectivity index (χ2n) is 2.64. The summed E-state index contributed by atoms with van der Waals surface area (Å²) in [5.74, 6) is 0. The van der Waals surface area contributed by atoms with Crippen LogP contribution in [0.4, 0.5) is 5.69 Å². The van der Waals surface area contributed by atoms with Crippen LogP contribution in [0.1, 0.15) is 5.69 Å². The van der Waals surface area contributed by atoms with Crippen molar-refractivity contribution in [2.24, 2.45) is 0 Å². The molecular weight excluding hydrogens is 176 g/mol. The molecule has 1 aromatic carbocycles. The van der Waals surface area contributed by atoms with E-state index in [1.807, 2.05) is 6.92 Å². The zero-order valence-electron chi connectivity index (χ0n) is 6.47. The summed E-state index contributed by atoms with van der Waals surface area (Å²) >= 11 is 5.82. The van der Waals surface area contributed by atoms with Crippen LogP contribution >= 0.6 is 11.6 Å². The predicted molar refractivity (Wildman–Crippen MR) is 48.2 cm³/mol. The predicted octanol–water partition coefficient (Wildman–Crippen LogP) is 2.37. The highest BCUT2D eigenvalue weighted by Gasteiger charge is 2.06. The Morgan fingerprint density at radius 3 is 3.00 bits per heavy atom. The van der Waals surface area contributed by atoms with Crippen LogP contribution in [0.15, 0.2) is 16.7 Å². The number of rotatable bonds is 0. The smallest absolute Gasteiger partial charge is 0.169 e. The molecule has 0 radical (unpaired) electrons. The molecule has 0 bridgehead atoms. The molecule has 0 amide bonds. The van der Waals surface area contributed by atoms with E-state index in [0.717, 1.165) is 11.1 Å². The van der Waals surface area contributed by atoms with E-state index in [9.17, 15) is 0 Å². The fraction of sp³-hybridized carbons (Fsp3) is 0.125. The Labute approximate surface area is 74.1 Å². The Morgan fingerprint density at radius 2 is 2.25 bits per heavy atom. The van der Waals surface area contributed by atoms with Crippen LogP contribution in [0.25, 0.3) is 11.0 Å². The van der Waals surface area contributed by atoms with Gasteiger partial charge in [0.05, 0.1) is 16.4 Å². The topological polar surface area (TPSA) is 52.0 Å². The van der Waals surface area contributed by atoms with Crippen molar-refractivity contribution < 1.29 is 4.52 Å². The molecule has 0 spiro atoms. The molecule has 0 unspecified atom stereocenters. The maximum Gasteiger partial charge on any atom is 0.169 e. The quantitative estimate of drug-likeness (QED) is 0.637. The van der Waals surface area contributed by atoms with Crippen LogP contribution in [0.2, 0.25) is 5.02 Å². The molecular formula is C8H7ClN2O. The molecule has 62 valence electrons. The molecule has 0 fully saturated rings. The monoisotopic (exact) mass is 182 g/mol. The molecule has 1 heterocycles. The molecule has 2 rings (SSSR count). The van der Waals surface area contributed by atoms with Crippen molar-refractivity contribution in [2.75, 3.05) is 5.73 Å². The molecule has 0 atom stereocenters. The van der Waals surface area contributed by atoms with E-state index >= 15 is 0 Å². The first-order chi connectivity index (χ1) is 5.68. The summed E-state index contributed by atoms with van der Waals surface area (Å²) in [5, 5.41) is 5.24. The highest BCUT2D eigenvalue weighted by molar-refractivity contribution is 6.33. The van der Waals surface area contributed by atoms with Crippen LogP contribution < -0.4 is 5.73 Å². The van der Waals surface area contributed by atoms with Crippen molar-refractivity contribution in [3.8, 4) is 0 Å². The zero-order chi connectivity index (χ0) is 8.72. The van der Waals surface area contributed by atoms with E-state index in [1.54, 1.807) is 12.1 Å². The summed E-state index contributed by atoms with van der Waals surface area (Å²) in [7, 11) is 0. The van der Waals surface area contributed by atoms with Gasteiger partial charge in [-0.25, -0.2) is 0 Å². The Kier molecular flexibility index (Phi) is 1.48. The lowest BCUT2D eigenvalue weighted by molar-refractivity contribution is 0.450. The van der Waals surface area contributed by atoms with Gasteiger partial charge in [-0.1, -0.05) is 16.8 Å². The molecule has 3 nitrogen and oxygen atoms in total. The van der Waals surface area contributed by atoms with Crippen molar-refractivity contribution in [1.82, 2.24) is 5.16 Å². The Hall–Kier alpha value is -1.22. The highest BCUT2D eigenvalue weighted by Crippen LogP contribution is 2.27. The first kappa shape index (κ1) is 7.43. The van der Waals surface area contributed by atoms with Gasteiger partial charge in [0, 0.05) is 11.5 Å². The van der Waals surface area contributed by atoms with Gasteiger partial charge < -0.3 is 10.3 Å². The minimum Gasteiger partial charge on any atom is -0.397 e. The Morgan fingerprint density at radius 1 is 1.50 bits per heavy atom. The fourth-order valence-corrected chi connectivity index (χ4v) is 1.26. The largest absolute Gasteiger partial charge is 0.397 e. The van der Waals surface area contributed by atoms with Gasteiger partial charge in [-0.2, -0.15) is 0 Å². The van der Waals surface area contributed by atoms with E-state index in [0.29, 0.717) is 16.3 Å². The van der Waals surface area contributed by atoms with Gasteiger partial charge in [0.25, 0.3) is 0 Å². The number of fused-ring (bicyclic) bond motifs is 1. The van der Waals surface area contributed by atoms with E-state index in [2.05, 4.69) is 5.16 Å². The zero-order valence-corrected chi connectivity index (χ0v) is 7.22. The van der Waals surface area contributed by atoms with E-state index in [-0.39, 0.29) is 0 Å². The molecule has 0 aliphatic heterocycles. The summed E-state index contributed by atoms with van der Waals surface area (Å²) < 4.78 is 5.00. The molecule has 1 aromatic heterocycles.